The van der Waals surface area contributed by atoms with Crippen LogP contribution in [0.25, 0.3) is 0 Å². The highest BCUT2D eigenvalue weighted by molar-refractivity contribution is 5.78. The first-order valence-electron chi connectivity index (χ1n) is 8.35. The zero-order valence-electron chi connectivity index (χ0n) is 13.9. The Kier molecular flexibility index (Phi) is 5.49. The van der Waals surface area contributed by atoms with Gasteiger partial charge in [0.1, 0.15) is 5.75 Å². The van der Waals surface area contributed by atoms with Gasteiger partial charge in [0, 0.05) is 13.0 Å². The lowest BCUT2D eigenvalue weighted by Crippen LogP contribution is -2.52. The molecule has 2 unspecified atom stereocenters. The molecule has 24 heavy (non-hydrogen) atoms. The van der Waals surface area contributed by atoms with Crippen LogP contribution >= 0.6 is 0 Å². The van der Waals surface area contributed by atoms with E-state index in [1.54, 1.807) is 0 Å². The van der Waals surface area contributed by atoms with Crippen molar-refractivity contribution in [3.63, 3.8) is 0 Å². The number of nitrogens with zero attached hydrogens (tertiary/aromatic N) is 1. The van der Waals surface area contributed by atoms with E-state index in [0.29, 0.717) is 18.9 Å². The number of hydrogen-bond donors (Lipinski definition) is 0. The predicted molar refractivity (Wildman–Crippen MR) is 93.0 cm³/mol. The molecule has 1 fully saturated rings. The van der Waals surface area contributed by atoms with Gasteiger partial charge in [-0.2, -0.15) is 0 Å². The van der Waals surface area contributed by atoms with E-state index >= 15 is 0 Å². The molecule has 126 valence electrons. The summed E-state index contributed by atoms with van der Waals surface area (Å²) in [5, 5.41) is 0. The molecule has 1 aliphatic rings. The predicted octanol–water partition coefficient (Wildman–Crippen LogP) is 2.92. The van der Waals surface area contributed by atoms with Gasteiger partial charge >= 0.3 is 0 Å². The number of hydrogen-bond acceptors (Lipinski definition) is 3. The molecule has 0 saturated carbocycles. The van der Waals surface area contributed by atoms with Crippen molar-refractivity contribution in [1.82, 2.24) is 4.90 Å². The van der Waals surface area contributed by atoms with E-state index in [2.05, 4.69) is 12.1 Å². The van der Waals surface area contributed by atoms with Crippen LogP contribution in [-0.2, 0) is 16.0 Å². The minimum absolute atomic E-state index is 0.00714. The molecular weight excluding hydrogens is 302 g/mol. The van der Waals surface area contributed by atoms with Gasteiger partial charge in [-0.1, -0.05) is 48.5 Å². The lowest BCUT2D eigenvalue weighted by molar-refractivity contribution is -0.146. The van der Waals surface area contributed by atoms with Gasteiger partial charge in [-0.15, -0.1) is 0 Å². The third-order valence-electron chi connectivity index (χ3n) is 4.24. The number of carbonyl (C=O) groups is 1. The quantitative estimate of drug-likeness (QED) is 0.848. The number of para-hydroxylation sites is 1. The first-order valence-corrected chi connectivity index (χ1v) is 8.35. The Morgan fingerprint density at radius 2 is 1.79 bits per heavy atom. The first kappa shape index (κ1) is 16.5. The van der Waals surface area contributed by atoms with Crippen LogP contribution in [0, 0.1) is 0 Å². The van der Waals surface area contributed by atoms with Gasteiger partial charge in [-0.25, -0.2) is 0 Å². The molecule has 0 bridgehead atoms. The number of rotatable bonds is 5. The second-order valence-corrected chi connectivity index (χ2v) is 6.14. The van der Waals surface area contributed by atoms with Crippen LogP contribution in [0.4, 0.5) is 0 Å². The van der Waals surface area contributed by atoms with Crippen LogP contribution in [0.2, 0.25) is 0 Å². The largest absolute Gasteiger partial charge is 0.484 e. The van der Waals surface area contributed by atoms with E-state index < -0.39 is 0 Å². The molecule has 1 heterocycles. The Balaban J connectivity index is 1.56. The lowest BCUT2D eigenvalue weighted by atomic mass is 10.1. The first-order chi connectivity index (χ1) is 11.7. The highest BCUT2D eigenvalue weighted by atomic mass is 16.5. The number of morpholine rings is 1. The van der Waals surface area contributed by atoms with Gasteiger partial charge in [0.05, 0.1) is 18.8 Å². The molecule has 0 aliphatic carbocycles. The summed E-state index contributed by atoms with van der Waals surface area (Å²) in [4.78, 5) is 14.4. The third-order valence-corrected chi connectivity index (χ3v) is 4.24. The van der Waals surface area contributed by atoms with Crippen molar-refractivity contribution in [1.29, 1.82) is 0 Å². The van der Waals surface area contributed by atoms with Crippen LogP contribution < -0.4 is 4.74 Å². The van der Waals surface area contributed by atoms with Crippen molar-refractivity contribution >= 4 is 5.91 Å². The molecule has 0 aromatic heterocycles. The Bertz CT molecular complexity index is 644. The molecule has 0 radical (unpaired) electrons. The second kappa shape index (κ2) is 7.97. The van der Waals surface area contributed by atoms with Crippen LogP contribution in [-0.4, -0.2) is 42.7 Å². The van der Waals surface area contributed by atoms with E-state index in [0.717, 1.165) is 6.42 Å². The maximum Gasteiger partial charge on any atom is 0.260 e. The fraction of sp³-hybridized carbons (Fsp3) is 0.350. The summed E-state index contributed by atoms with van der Waals surface area (Å²) in [6.45, 7) is 3.24. The zero-order valence-corrected chi connectivity index (χ0v) is 13.9. The lowest BCUT2D eigenvalue weighted by Gasteiger charge is -2.38. The highest BCUT2D eigenvalue weighted by Gasteiger charge is 2.29. The molecule has 2 aromatic carbocycles. The molecule has 4 heteroatoms. The Morgan fingerprint density at radius 3 is 2.50 bits per heavy atom. The molecule has 3 rings (SSSR count). The van der Waals surface area contributed by atoms with Crippen molar-refractivity contribution in [2.24, 2.45) is 0 Å². The Morgan fingerprint density at radius 1 is 1.12 bits per heavy atom. The summed E-state index contributed by atoms with van der Waals surface area (Å²) >= 11 is 0. The fourth-order valence-corrected chi connectivity index (χ4v) is 2.91. The molecule has 1 amide bonds. The topological polar surface area (TPSA) is 38.8 Å². The summed E-state index contributed by atoms with van der Waals surface area (Å²) < 4.78 is 11.5. The Labute approximate surface area is 143 Å². The summed E-state index contributed by atoms with van der Waals surface area (Å²) in [6.07, 6.45) is 0.848. The zero-order chi connectivity index (χ0) is 16.8. The molecule has 1 saturated heterocycles. The second-order valence-electron chi connectivity index (χ2n) is 6.14. The molecule has 2 aromatic rings. The molecule has 0 spiro atoms. The van der Waals surface area contributed by atoms with Gasteiger partial charge < -0.3 is 14.4 Å². The summed E-state index contributed by atoms with van der Waals surface area (Å²) in [5.41, 5.74) is 1.23. The molecule has 1 aliphatic heterocycles. The smallest absolute Gasteiger partial charge is 0.260 e. The number of ether oxygens (including phenoxy) is 2. The van der Waals surface area contributed by atoms with Crippen molar-refractivity contribution in [2.45, 2.75) is 25.5 Å². The number of amides is 1. The minimum Gasteiger partial charge on any atom is -0.484 e. The standard InChI is InChI=1S/C20H23NO3/c1-16-14-23-19(12-17-8-4-2-5-9-17)13-21(16)20(22)15-24-18-10-6-3-7-11-18/h2-11,16,19H,12-15H2,1H3. The average Bonchev–Trinajstić information content (AvgIpc) is 2.63. The van der Waals surface area contributed by atoms with E-state index in [9.17, 15) is 4.79 Å². The van der Waals surface area contributed by atoms with E-state index in [1.165, 1.54) is 5.56 Å². The summed E-state index contributed by atoms with van der Waals surface area (Å²) in [7, 11) is 0. The minimum atomic E-state index is 0.00714. The fourth-order valence-electron chi connectivity index (χ4n) is 2.91. The van der Waals surface area contributed by atoms with Crippen LogP contribution in [0.15, 0.2) is 60.7 Å². The molecule has 0 N–H and O–H groups in total. The van der Waals surface area contributed by atoms with Gasteiger partial charge in [-0.3, -0.25) is 4.79 Å². The van der Waals surface area contributed by atoms with Crippen LogP contribution in [0.5, 0.6) is 5.75 Å². The third kappa shape index (κ3) is 4.36. The maximum atomic E-state index is 12.5. The van der Waals surface area contributed by atoms with Crippen molar-refractivity contribution in [3.8, 4) is 5.75 Å². The van der Waals surface area contributed by atoms with E-state index in [4.69, 9.17) is 9.47 Å². The molecule has 4 nitrogen and oxygen atoms in total. The van der Waals surface area contributed by atoms with Crippen molar-refractivity contribution in [3.05, 3.63) is 66.2 Å². The number of benzene rings is 2. The number of carbonyl (C=O) groups excluding carboxylic acids is 1. The molecule has 2 atom stereocenters. The van der Waals surface area contributed by atoms with Crippen molar-refractivity contribution < 1.29 is 14.3 Å². The van der Waals surface area contributed by atoms with Gasteiger partial charge in [-0.05, 0) is 24.6 Å². The van der Waals surface area contributed by atoms with Gasteiger partial charge in [0.2, 0.25) is 0 Å². The summed E-state index contributed by atoms with van der Waals surface area (Å²) in [6, 6.07) is 19.7. The van der Waals surface area contributed by atoms with Crippen LogP contribution in [0.3, 0.4) is 0 Å². The monoisotopic (exact) mass is 325 g/mol. The Hall–Kier alpha value is -2.33. The average molecular weight is 325 g/mol. The van der Waals surface area contributed by atoms with Crippen molar-refractivity contribution in [2.75, 3.05) is 19.8 Å². The van der Waals surface area contributed by atoms with Gasteiger partial charge in [0.15, 0.2) is 6.61 Å². The normalized spacial score (nSPS) is 20.6. The molecular formula is C20H23NO3. The SMILES string of the molecule is CC1COC(Cc2ccccc2)CN1C(=O)COc1ccccc1. The highest BCUT2D eigenvalue weighted by Crippen LogP contribution is 2.17. The van der Waals surface area contributed by atoms with E-state index in [1.807, 2.05) is 60.4 Å². The maximum absolute atomic E-state index is 12.5. The van der Waals surface area contributed by atoms with Gasteiger partial charge in [0.25, 0.3) is 5.91 Å². The van der Waals surface area contributed by atoms with Crippen LogP contribution in [0.1, 0.15) is 12.5 Å². The summed E-state index contributed by atoms with van der Waals surface area (Å²) in [5.74, 6) is 0.723. The van der Waals surface area contributed by atoms with E-state index in [-0.39, 0.29) is 24.7 Å².